The van der Waals surface area contributed by atoms with Gasteiger partial charge >= 0.3 is 0 Å². The second-order valence-corrected chi connectivity index (χ2v) is 6.99. The van der Waals surface area contributed by atoms with Crippen molar-refractivity contribution in [1.29, 1.82) is 0 Å². The number of para-hydroxylation sites is 1. The van der Waals surface area contributed by atoms with Crippen LogP contribution in [0.1, 0.15) is 27.0 Å². The molecule has 0 unspecified atom stereocenters. The number of benzene rings is 3. The molecule has 0 aromatic heterocycles. The zero-order chi connectivity index (χ0) is 21.7. The van der Waals surface area contributed by atoms with Gasteiger partial charge in [-0.3, -0.25) is 4.79 Å². The Bertz CT molecular complexity index is 1050. The molecule has 0 aliphatic rings. The Hall–Kier alpha value is -3.54. The summed E-state index contributed by atoms with van der Waals surface area (Å²) in [7, 11) is 3.22. The predicted molar refractivity (Wildman–Crippen MR) is 112 cm³/mol. The highest BCUT2D eigenvalue weighted by Gasteiger charge is 2.18. The first-order chi connectivity index (χ1) is 14.4. The molecule has 0 atom stereocenters. The number of aromatic hydroxyl groups is 1. The molecule has 6 heteroatoms. The number of halogens is 1. The number of phenolic OH excluding ortho intramolecular Hbond substituents is 1. The Morgan fingerprint density at radius 1 is 1.07 bits per heavy atom. The number of nitrogens with zero attached hydrogens (tertiary/aromatic N) is 1. The lowest BCUT2D eigenvalue weighted by atomic mass is 10.1. The number of phenols is 1. The van der Waals surface area contributed by atoms with E-state index in [9.17, 15) is 14.3 Å². The van der Waals surface area contributed by atoms with Crippen molar-refractivity contribution in [2.45, 2.75) is 20.1 Å². The summed E-state index contributed by atoms with van der Waals surface area (Å²) < 4.78 is 25.3. The molecular formula is C24H24FNO4. The molecule has 0 spiro atoms. The van der Waals surface area contributed by atoms with Crippen LogP contribution >= 0.6 is 0 Å². The minimum absolute atomic E-state index is 0.0366. The van der Waals surface area contributed by atoms with Crippen molar-refractivity contribution in [2.75, 3.05) is 14.2 Å². The molecule has 1 N–H and O–H groups in total. The van der Waals surface area contributed by atoms with E-state index in [-0.39, 0.29) is 30.6 Å². The van der Waals surface area contributed by atoms with Crippen LogP contribution in [0.5, 0.6) is 17.2 Å². The topological polar surface area (TPSA) is 59.0 Å². The van der Waals surface area contributed by atoms with E-state index in [2.05, 4.69) is 0 Å². The van der Waals surface area contributed by atoms with Crippen LogP contribution in [0.3, 0.4) is 0 Å². The number of aryl methyl sites for hydroxylation is 1. The van der Waals surface area contributed by atoms with Crippen LogP contribution < -0.4 is 9.47 Å². The Kier molecular flexibility index (Phi) is 6.57. The summed E-state index contributed by atoms with van der Waals surface area (Å²) in [6.45, 7) is 2.04. The van der Waals surface area contributed by atoms with E-state index in [4.69, 9.17) is 9.47 Å². The van der Waals surface area contributed by atoms with Gasteiger partial charge in [-0.2, -0.15) is 0 Å². The summed E-state index contributed by atoms with van der Waals surface area (Å²) in [5.41, 5.74) is 2.27. The van der Waals surface area contributed by atoms with Crippen LogP contribution in [0.25, 0.3) is 0 Å². The van der Waals surface area contributed by atoms with Gasteiger partial charge in [0.05, 0.1) is 7.11 Å². The second-order valence-electron chi connectivity index (χ2n) is 6.99. The average molecular weight is 409 g/mol. The van der Waals surface area contributed by atoms with Crippen LogP contribution in [0.2, 0.25) is 0 Å². The van der Waals surface area contributed by atoms with Crippen LogP contribution in [0.4, 0.5) is 4.39 Å². The number of rotatable bonds is 7. The third-order valence-electron chi connectivity index (χ3n) is 4.81. The number of carbonyl (C=O) groups is 1. The van der Waals surface area contributed by atoms with Gasteiger partial charge in [-0.1, -0.05) is 30.3 Å². The van der Waals surface area contributed by atoms with Gasteiger partial charge in [0, 0.05) is 30.3 Å². The van der Waals surface area contributed by atoms with Crippen LogP contribution in [0, 0.1) is 12.7 Å². The summed E-state index contributed by atoms with van der Waals surface area (Å²) in [6.07, 6.45) is 0. The van der Waals surface area contributed by atoms with Crippen molar-refractivity contribution in [3.05, 3.63) is 88.7 Å². The zero-order valence-corrected chi connectivity index (χ0v) is 17.2. The lowest BCUT2D eigenvalue weighted by Gasteiger charge is -2.21. The Morgan fingerprint density at radius 2 is 1.80 bits per heavy atom. The van der Waals surface area contributed by atoms with Gasteiger partial charge in [0.15, 0.2) is 11.5 Å². The molecule has 0 radical (unpaired) electrons. The monoisotopic (exact) mass is 409 g/mol. The lowest BCUT2D eigenvalue weighted by Crippen LogP contribution is -2.26. The molecule has 3 aromatic rings. The van der Waals surface area contributed by atoms with Gasteiger partial charge in [0.1, 0.15) is 18.2 Å². The summed E-state index contributed by atoms with van der Waals surface area (Å²) in [6, 6.07) is 16.6. The fourth-order valence-electron chi connectivity index (χ4n) is 3.11. The summed E-state index contributed by atoms with van der Waals surface area (Å²) in [4.78, 5) is 14.4. The standard InChI is InChI=1S/C24H24FNO4/c1-16-13-17(11-12-21(16)27)24(28)26(2)14-18-8-6-10-22(29-3)23(18)30-15-19-7-4-5-9-20(19)25/h4-13,27H,14-15H2,1-3H3. The maximum absolute atomic E-state index is 14.0. The van der Waals surface area contributed by atoms with Gasteiger partial charge in [0.2, 0.25) is 0 Å². The first-order valence-electron chi connectivity index (χ1n) is 9.48. The largest absolute Gasteiger partial charge is 0.508 e. The van der Waals surface area contributed by atoms with Crippen molar-refractivity contribution in [3.63, 3.8) is 0 Å². The minimum atomic E-state index is -0.344. The number of hydrogen-bond acceptors (Lipinski definition) is 4. The van der Waals surface area contributed by atoms with Gasteiger partial charge in [0.25, 0.3) is 5.91 Å². The molecule has 1 amide bonds. The van der Waals surface area contributed by atoms with Gasteiger partial charge in [-0.15, -0.1) is 0 Å². The summed E-state index contributed by atoms with van der Waals surface area (Å²) in [5, 5.41) is 9.68. The Labute approximate surface area is 175 Å². The minimum Gasteiger partial charge on any atom is -0.508 e. The smallest absolute Gasteiger partial charge is 0.253 e. The van der Waals surface area contributed by atoms with Crippen molar-refractivity contribution in [2.24, 2.45) is 0 Å². The maximum Gasteiger partial charge on any atom is 0.253 e. The second kappa shape index (κ2) is 9.31. The van der Waals surface area contributed by atoms with E-state index < -0.39 is 0 Å². The van der Waals surface area contributed by atoms with Crippen molar-refractivity contribution < 1.29 is 23.8 Å². The molecule has 3 rings (SSSR count). The van der Waals surface area contributed by atoms with Crippen molar-refractivity contribution in [3.8, 4) is 17.2 Å². The number of carbonyl (C=O) groups excluding carboxylic acids is 1. The number of methoxy groups -OCH3 is 1. The van der Waals surface area contributed by atoms with E-state index in [0.717, 1.165) is 5.56 Å². The fourth-order valence-corrected chi connectivity index (χ4v) is 3.11. The molecule has 30 heavy (non-hydrogen) atoms. The van der Waals surface area contributed by atoms with E-state index >= 15 is 0 Å². The van der Waals surface area contributed by atoms with E-state index in [1.807, 2.05) is 12.1 Å². The molecule has 0 fully saturated rings. The van der Waals surface area contributed by atoms with E-state index in [0.29, 0.717) is 28.2 Å². The van der Waals surface area contributed by atoms with Crippen molar-refractivity contribution in [1.82, 2.24) is 4.90 Å². The summed E-state index contributed by atoms with van der Waals surface area (Å²) in [5.74, 6) is 0.575. The molecule has 5 nitrogen and oxygen atoms in total. The SMILES string of the molecule is COc1cccc(CN(C)C(=O)c2ccc(O)c(C)c2)c1OCc1ccccc1F. The van der Waals surface area contributed by atoms with E-state index in [1.54, 1.807) is 55.3 Å². The molecular weight excluding hydrogens is 385 g/mol. The first kappa shape index (κ1) is 21.2. The van der Waals surface area contributed by atoms with Gasteiger partial charge < -0.3 is 19.5 Å². The molecule has 0 heterocycles. The number of hydrogen-bond donors (Lipinski definition) is 1. The first-order valence-corrected chi connectivity index (χ1v) is 9.48. The molecule has 0 aliphatic carbocycles. The molecule has 3 aromatic carbocycles. The van der Waals surface area contributed by atoms with Crippen molar-refractivity contribution >= 4 is 5.91 Å². The molecule has 0 saturated heterocycles. The molecule has 0 saturated carbocycles. The van der Waals surface area contributed by atoms with Crippen LogP contribution in [0.15, 0.2) is 60.7 Å². The third kappa shape index (κ3) is 4.71. The highest BCUT2D eigenvalue weighted by molar-refractivity contribution is 5.94. The molecule has 156 valence electrons. The predicted octanol–water partition coefficient (Wildman–Crippen LogP) is 4.70. The van der Waals surface area contributed by atoms with Crippen LogP contribution in [-0.4, -0.2) is 30.1 Å². The Morgan fingerprint density at radius 3 is 2.50 bits per heavy atom. The van der Waals surface area contributed by atoms with E-state index in [1.165, 1.54) is 19.2 Å². The Balaban J connectivity index is 1.82. The average Bonchev–Trinajstić information content (AvgIpc) is 2.75. The number of amides is 1. The van der Waals surface area contributed by atoms with Gasteiger partial charge in [-0.25, -0.2) is 4.39 Å². The normalized spacial score (nSPS) is 10.5. The fraction of sp³-hybridized carbons (Fsp3) is 0.208. The highest BCUT2D eigenvalue weighted by atomic mass is 19.1. The van der Waals surface area contributed by atoms with Crippen LogP contribution in [-0.2, 0) is 13.2 Å². The maximum atomic E-state index is 14.0. The lowest BCUT2D eigenvalue weighted by molar-refractivity contribution is 0.0783. The summed E-state index contributed by atoms with van der Waals surface area (Å²) >= 11 is 0. The third-order valence-corrected chi connectivity index (χ3v) is 4.81. The van der Waals surface area contributed by atoms with Gasteiger partial charge in [-0.05, 0) is 42.8 Å². The zero-order valence-electron chi connectivity index (χ0n) is 17.2. The molecule has 0 aliphatic heterocycles. The molecule has 0 bridgehead atoms. The highest BCUT2D eigenvalue weighted by Crippen LogP contribution is 2.33. The quantitative estimate of drug-likeness (QED) is 0.615. The number of ether oxygens (including phenoxy) is 2.